The van der Waals surface area contributed by atoms with Gasteiger partial charge in [-0.25, -0.2) is 4.79 Å². The number of nitrogens with zero attached hydrogens (tertiary/aromatic N) is 2. The first kappa shape index (κ1) is 27.0. The van der Waals surface area contributed by atoms with Crippen LogP contribution in [0.4, 0.5) is 4.79 Å². The van der Waals surface area contributed by atoms with E-state index < -0.39 is 0 Å². The van der Waals surface area contributed by atoms with E-state index in [1.54, 1.807) is 21.3 Å². The zero-order chi connectivity index (χ0) is 24.9. The number of urea groups is 1. The quantitative estimate of drug-likeness (QED) is 0.635. The molecule has 2 aromatic rings. The second-order valence-corrected chi connectivity index (χ2v) is 9.54. The maximum Gasteiger partial charge on any atom is 0.317 e. The molecule has 1 N–H and O–H groups in total. The van der Waals surface area contributed by atoms with Crippen LogP contribution in [-0.4, -0.2) is 75.4 Å². The molecule has 2 heterocycles. The molecule has 0 spiro atoms. The third-order valence-electron chi connectivity index (χ3n) is 6.98. The van der Waals surface area contributed by atoms with Crippen molar-refractivity contribution in [3.63, 3.8) is 0 Å². The maximum atomic E-state index is 12.3. The van der Waals surface area contributed by atoms with E-state index in [9.17, 15) is 4.79 Å². The Morgan fingerprint density at radius 1 is 0.829 bits per heavy atom. The largest absolute Gasteiger partial charge is 0.496 e. The Balaban J connectivity index is 0.000000181. The summed E-state index contributed by atoms with van der Waals surface area (Å²) in [5, 5.41) is 3.22. The second kappa shape index (κ2) is 14.7. The molecule has 2 saturated heterocycles. The average Bonchev–Trinajstić information content (AvgIpc) is 3.38. The lowest BCUT2D eigenvalue weighted by molar-refractivity contribution is 0.0499. The highest BCUT2D eigenvalue weighted by atomic mass is 16.5. The van der Waals surface area contributed by atoms with Gasteiger partial charge in [0, 0.05) is 51.5 Å². The van der Waals surface area contributed by atoms with Gasteiger partial charge in [0.15, 0.2) is 0 Å². The molecular weight excluding hydrogens is 438 g/mol. The highest BCUT2D eigenvalue weighted by Crippen LogP contribution is 2.28. The van der Waals surface area contributed by atoms with Gasteiger partial charge in [-0.05, 0) is 50.3 Å². The van der Waals surface area contributed by atoms with Crippen molar-refractivity contribution < 1.29 is 14.3 Å². The first-order valence-electron chi connectivity index (χ1n) is 13.0. The van der Waals surface area contributed by atoms with Crippen molar-refractivity contribution in [1.29, 1.82) is 0 Å². The number of fused-ring (bicyclic) bond motifs is 1. The molecule has 192 valence electrons. The molecule has 0 radical (unpaired) electrons. The Labute approximate surface area is 211 Å². The molecule has 1 aliphatic carbocycles. The summed E-state index contributed by atoms with van der Waals surface area (Å²) in [4.78, 5) is 16.9. The Bertz CT molecular complexity index is 870. The van der Waals surface area contributed by atoms with Crippen LogP contribution < -0.4 is 10.1 Å². The monoisotopic (exact) mass is 481 g/mol. The predicted molar refractivity (Wildman–Crippen MR) is 143 cm³/mol. The van der Waals surface area contributed by atoms with Gasteiger partial charge in [0.2, 0.25) is 0 Å². The number of ether oxygens (including phenoxy) is 2. The van der Waals surface area contributed by atoms with Gasteiger partial charge in [-0.2, -0.15) is 0 Å². The Hall–Kier alpha value is -2.57. The van der Waals surface area contributed by atoms with Crippen LogP contribution in [-0.2, 0) is 4.74 Å². The molecule has 3 aliphatic rings. The van der Waals surface area contributed by atoms with Gasteiger partial charge in [0.1, 0.15) is 5.75 Å². The lowest BCUT2D eigenvalue weighted by Crippen LogP contribution is -2.57. The topological polar surface area (TPSA) is 54.0 Å². The smallest absolute Gasteiger partial charge is 0.317 e. The van der Waals surface area contributed by atoms with Crippen LogP contribution >= 0.6 is 0 Å². The lowest BCUT2D eigenvalue weighted by Gasteiger charge is -2.45. The van der Waals surface area contributed by atoms with Crippen molar-refractivity contribution in [1.82, 2.24) is 15.1 Å². The number of benzene rings is 2. The van der Waals surface area contributed by atoms with E-state index in [2.05, 4.69) is 38.1 Å². The average molecular weight is 482 g/mol. The van der Waals surface area contributed by atoms with Crippen LogP contribution in [0.1, 0.15) is 44.9 Å². The van der Waals surface area contributed by atoms with E-state index in [4.69, 9.17) is 4.74 Å². The highest BCUT2D eigenvalue weighted by Gasteiger charge is 2.32. The highest BCUT2D eigenvalue weighted by molar-refractivity contribution is 5.74. The van der Waals surface area contributed by atoms with Gasteiger partial charge >= 0.3 is 6.03 Å². The van der Waals surface area contributed by atoms with Gasteiger partial charge in [-0.15, -0.1) is 0 Å². The zero-order valence-corrected chi connectivity index (χ0v) is 21.7. The molecule has 1 saturated carbocycles. The molecule has 6 nitrogen and oxygen atoms in total. The van der Waals surface area contributed by atoms with Crippen molar-refractivity contribution in [3.8, 4) is 16.9 Å². The Morgan fingerprint density at radius 3 is 2.14 bits per heavy atom. The van der Waals surface area contributed by atoms with Crippen LogP contribution in [0.3, 0.4) is 0 Å². The standard InChI is InChI=1S/C14H25N3O.C13H12O.C2H6O/c18-14(15-12-5-1-2-6-12)17-9-4-3-8-16-10-7-13(16)11-17;1-14-13-10-6-5-9-12(13)11-7-3-2-4-8-11;1-3-2/h12-13H,1-11H2,(H,15,18);2-10H,1H3;1-2H3. The van der Waals surface area contributed by atoms with Crippen molar-refractivity contribution >= 4 is 6.03 Å². The molecule has 5 rings (SSSR count). The van der Waals surface area contributed by atoms with Crippen LogP contribution in [0.5, 0.6) is 5.75 Å². The number of para-hydroxylation sites is 1. The first-order chi connectivity index (χ1) is 17.2. The molecule has 35 heavy (non-hydrogen) atoms. The normalized spacial score (nSPS) is 20.0. The third-order valence-corrected chi connectivity index (χ3v) is 6.98. The van der Waals surface area contributed by atoms with E-state index in [1.165, 1.54) is 57.2 Å². The van der Waals surface area contributed by atoms with Crippen LogP contribution in [0.15, 0.2) is 54.6 Å². The molecule has 0 bridgehead atoms. The lowest BCUT2D eigenvalue weighted by atomic mass is 10.00. The summed E-state index contributed by atoms with van der Waals surface area (Å²) in [6.45, 7) is 4.37. The zero-order valence-electron chi connectivity index (χ0n) is 21.7. The number of carbonyl (C=O) groups is 1. The number of rotatable bonds is 3. The second-order valence-electron chi connectivity index (χ2n) is 9.54. The minimum absolute atomic E-state index is 0.190. The summed E-state index contributed by atoms with van der Waals surface area (Å²) in [5.74, 6) is 0.915. The molecule has 6 heteroatoms. The molecule has 3 fully saturated rings. The van der Waals surface area contributed by atoms with Crippen LogP contribution in [0.2, 0.25) is 0 Å². The van der Waals surface area contributed by atoms with Gasteiger partial charge in [0.05, 0.1) is 7.11 Å². The van der Waals surface area contributed by atoms with E-state index in [-0.39, 0.29) is 6.03 Å². The Kier molecular flexibility index (Phi) is 11.4. The molecule has 1 unspecified atom stereocenters. The van der Waals surface area contributed by atoms with Gasteiger partial charge in [-0.3, -0.25) is 4.90 Å². The summed E-state index contributed by atoms with van der Waals surface area (Å²) >= 11 is 0. The van der Waals surface area contributed by atoms with E-state index in [1.807, 2.05) is 36.4 Å². The minimum atomic E-state index is 0.190. The fraction of sp³-hybridized carbons (Fsp3) is 0.552. The summed E-state index contributed by atoms with van der Waals surface area (Å²) < 4.78 is 9.55. The maximum absolute atomic E-state index is 12.3. The van der Waals surface area contributed by atoms with Gasteiger partial charge in [-0.1, -0.05) is 61.4 Å². The van der Waals surface area contributed by atoms with Gasteiger partial charge in [0.25, 0.3) is 0 Å². The summed E-state index contributed by atoms with van der Waals surface area (Å²) in [6.07, 6.45) is 8.57. The van der Waals surface area contributed by atoms with E-state index >= 15 is 0 Å². The first-order valence-corrected chi connectivity index (χ1v) is 13.0. The summed E-state index contributed by atoms with van der Waals surface area (Å²) in [5.41, 5.74) is 2.32. The van der Waals surface area contributed by atoms with Crippen molar-refractivity contribution in [2.45, 2.75) is 57.0 Å². The molecule has 1 atom stereocenters. The summed E-state index contributed by atoms with van der Waals surface area (Å²) in [6, 6.07) is 19.5. The molecule has 2 amide bonds. The van der Waals surface area contributed by atoms with Crippen LogP contribution in [0, 0.1) is 0 Å². The summed E-state index contributed by atoms with van der Waals surface area (Å²) in [7, 11) is 4.95. The molecular formula is C29H43N3O3. The van der Waals surface area contributed by atoms with Gasteiger partial charge < -0.3 is 19.7 Å². The van der Waals surface area contributed by atoms with Crippen molar-refractivity contribution in [2.75, 3.05) is 47.5 Å². The number of carbonyl (C=O) groups excluding carboxylic acids is 1. The number of hydrogen-bond donors (Lipinski definition) is 1. The number of hydrogen-bond acceptors (Lipinski definition) is 4. The SMILES string of the molecule is COC.COc1ccccc1-c1ccccc1.O=C(NC1CCCC1)N1CCCCN2CCC2C1. The minimum Gasteiger partial charge on any atom is -0.496 e. The fourth-order valence-electron chi connectivity index (χ4n) is 4.98. The fourth-order valence-corrected chi connectivity index (χ4v) is 4.98. The third kappa shape index (κ3) is 8.25. The number of methoxy groups -OCH3 is 2. The van der Waals surface area contributed by atoms with E-state index in [0.29, 0.717) is 12.1 Å². The molecule has 2 aliphatic heterocycles. The van der Waals surface area contributed by atoms with Crippen LogP contribution in [0.25, 0.3) is 11.1 Å². The predicted octanol–water partition coefficient (Wildman–Crippen LogP) is 5.43. The molecule has 0 aromatic heterocycles. The number of nitrogens with one attached hydrogen (secondary N) is 1. The number of amides is 2. The van der Waals surface area contributed by atoms with Crippen molar-refractivity contribution in [2.24, 2.45) is 0 Å². The molecule has 2 aromatic carbocycles. The van der Waals surface area contributed by atoms with Crippen molar-refractivity contribution in [3.05, 3.63) is 54.6 Å². The Morgan fingerprint density at radius 2 is 1.49 bits per heavy atom. The van der Waals surface area contributed by atoms with E-state index in [0.717, 1.165) is 30.8 Å².